The molecule has 98 valence electrons. The van der Waals surface area contributed by atoms with E-state index in [0.29, 0.717) is 0 Å². The molecule has 0 aliphatic rings. The first-order valence-electron chi connectivity index (χ1n) is 5.36. The third-order valence-electron chi connectivity index (χ3n) is 1.96. The Bertz CT molecular complexity index is 459. The van der Waals surface area contributed by atoms with Gasteiger partial charge in [0.25, 0.3) is 5.91 Å². The zero-order chi connectivity index (χ0) is 13.7. The zero-order valence-electron chi connectivity index (χ0n) is 10.1. The highest BCUT2D eigenvalue weighted by Crippen LogP contribution is 2.19. The summed E-state index contributed by atoms with van der Waals surface area (Å²) in [6.07, 6.45) is -0.175. The van der Waals surface area contributed by atoms with Gasteiger partial charge in [-0.15, -0.1) is 0 Å². The summed E-state index contributed by atoms with van der Waals surface area (Å²) in [6.45, 7) is 3.00. The Morgan fingerprint density at radius 3 is 2.61 bits per heavy atom. The van der Waals surface area contributed by atoms with Gasteiger partial charge in [-0.25, -0.2) is 4.39 Å². The van der Waals surface area contributed by atoms with Crippen molar-refractivity contribution < 1.29 is 23.8 Å². The number of hydrogen-bond donors (Lipinski definition) is 2. The number of amides is 1. The Labute approximate surface area is 104 Å². The molecule has 1 amide bonds. The van der Waals surface area contributed by atoms with Crippen molar-refractivity contribution in [1.29, 1.82) is 0 Å². The Morgan fingerprint density at radius 1 is 1.44 bits per heavy atom. The van der Waals surface area contributed by atoms with Gasteiger partial charge in [0.05, 0.1) is 6.10 Å². The van der Waals surface area contributed by atoms with Gasteiger partial charge in [0.1, 0.15) is 6.54 Å². The maximum atomic E-state index is 13.5. The van der Waals surface area contributed by atoms with Crippen LogP contribution in [-0.4, -0.2) is 29.6 Å². The summed E-state index contributed by atoms with van der Waals surface area (Å²) in [5.74, 6) is -2.41. The molecule has 1 aromatic rings. The van der Waals surface area contributed by atoms with Crippen LogP contribution in [0.2, 0.25) is 0 Å². The van der Waals surface area contributed by atoms with Crippen LogP contribution in [0.15, 0.2) is 18.2 Å². The van der Waals surface area contributed by atoms with E-state index < -0.39 is 24.2 Å². The van der Waals surface area contributed by atoms with Crippen molar-refractivity contribution in [2.24, 2.45) is 0 Å². The van der Waals surface area contributed by atoms with E-state index in [-0.39, 0.29) is 17.4 Å². The molecule has 0 aliphatic heterocycles. The van der Waals surface area contributed by atoms with Crippen molar-refractivity contribution >= 4 is 11.9 Å². The molecule has 0 spiro atoms. The lowest BCUT2D eigenvalue weighted by molar-refractivity contribution is -0.135. The van der Waals surface area contributed by atoms with Crippen LogP contribution < -0.4 is 10.1 Å². The predicted molar refractivity (Wildman–Crippen MR) is 62.1 cm³/mol. The monoisotopic (exact) mass is 255 g/mol. The van der Waals surface area contributed by atoms with Crippen LogP contribution in [-0.2, 0) is 4.79 Å². The summed E-state index contributed by atoms with van der Waals surface area (Å²) in [7, 11) is 0. The topological polar surface area (TPSA) is 75.6 Å². The van der Waals surface area contributed by atoms with E-state index in [4.69, 9.17) is 9.84 Å². The van der Waals surface area contributed by atoms with Gasteiger partial charge in [-0.2, -0.15) is 0 Å². The van der Waals surface area contributed by atoms with Crippen molar-refractivity contribution in [3.63, 3.8) is 0 Å². The van der Waals surface area contributed by atoms with Gasteiger partial charge in [-0.1, -0.05) is 0 Å². The van der Waals surface area contributed by atoms with E-state index >= 15 is 0 Å². The Morgan fingerprint density at radius 2 is 2.11 bits per heavy atom. The summed E-state index contributed by atoms with van der Waals surface area (Å²) in [5.41, 5.74) is 0.0462. The van der Waals surface area contributed by atoms with Crippen LogP contribution in [0.5, 0.6) is 5.75 Å². The zero-order valence-corrected chi connectivity index (χ0v) is 10.1. The van der Waals surface area contributed by atoms with Crippen LogP contribution in [0.1, 0.15) is 24.2 Å². The Balaban J connectivity index is 2.77. The van der Waals surface area contributed by atoms with Gasteiger partial charge in [-0.05, 0) is 32.0 Å². The van der Waals surface area contributed by atoms with Crippen LogP contribution in [0.4, 0.5) is 4.39 Å². The van der Waals surface area contributed by atoms with Gasteiger partial charge < -0.3 is 15.2 Å². The van der Waals surface area contributed by atoms with E-state index in [1.807, 2.05) is 0 Å². The molecule has 0 fully saturated rings. The lowest BCUT2D eigenvalue weighted by Gasteiger charge is -2.11. The number of carboxylic acid groups (broad SMARTS) is 1. The SMILES string of the molecule is CC(C)Oc1ccc(C(=O)NCC(=O)O)cc1F. The van der Waals surface area contributed by atoms with E-state index in [0.717, 1.165) is 6.07 Å². The number of carboxylic acids is 1. The molecule has 0 aromatic heterocycles. The lowest BCUT2D eigenvalue weighted by atomic mass is 10.2. The fraction of sp³-hybridized carbons (Fsp3) is 0.333. The second-order valence-corrected chi connectivity index (χ2v) is 3.89. The fourth-order valence-electron chi connectivity index (χ4n) is 1.25. The second kappa shape index (κ2) is 6.00. The highest BCUT2D eigenvalue weighted by Gasteiger charge is 2.12. The molecular weight excluding hydrogens is 241 g/mol. The first-order chi connectivity index (χ1) is 8.40. The van der Waals surface area contributed by atoms with Crippen molar-refractivity contribution in [3.8, 4) is 5.75 Å². The van der Waals surface area contributed by atoms with Gasteiger partial charge in [0.15, 0.2) is 11.6 Å². The highest BCUT2D eigenvalue weighted by atomic mass is 19.1. The minimum absolute atomic E-state index is 0.0462. The molecule has 2 N–H and O–H groups in total. The van der Waals surface area contributed by atoms with Crippen LogP contribution in [0.3, 0.4) is 0 Å². The van der Waals surface area contributed by atoms with E-state index in [1.54, 1.807) is 13.8 Å². The number of carbonyl (C=O) groups excluding carboxylic acids is 1. The third kappa shape index (κ3) is 4.04. The minimum Gasteiger partial charge on any atom is -0.488 e. The van der Waals surface area contributed by atoms with E-state index in [9.17, 15) is 14.0 Å². The molecule has 0 heterocycles. The Hall–Kier alpha value is -2.11. The molecule has 1 aromatic carbocycles. The number of nitrogens with one attached hydrogen (secondary N) is 1. The summed E-state index contributed by atoms with van der Waals surface area (Å²) in [6, 6.07) is 3.72. The van der Waals surface area contributed by atoms with Crippen molar-refractivity contribution in [3.05, 3.63) is 29.6 Å². The fourth-order valence-corrected chi connectivity index (χ4v) is 1.25. The summed E-state index contributed by atoms with van der Waals surface area (Å²) in [5, 5.41) is 10.5. The summed E-state index contributed by atoms with van der Waals surface area (Å²) in [4.78, 5) is 21.7. The molecule has 6 heteroatoms. The molecule has 18 heavy (non-hydrogen) atoms. The first kappa shape index (κ1) is 14.0. The number of hydrogen-bond acceptors (Lipinski definition) is 3. The highest BCUT2D eigenvalue weighted by molar-refractivity contribution is 5.95. The predicted octanol–water partition coefficient (Wildman–Crippen LogP) is 1.43. The number of aliphatic carboxylic acids is 1. The summed E-state index contributed by atoms with van der Waals surface area (Å²) < 4.78 is 18.7. The molecule has 1 rings (SSSR count). The largest absolute Gasteiger partial charge is 0.488 e. The molecule has 0 atom stereocenters. The van der Waals surface area contributed by atoms with Gasteiger partial charge in [0.2, 0.25) is 0 Å². The molecule has 0 aliphatic carbocycles. The normalized spacial score (nSPS) is 10.2. The first-order valence-corrected chi connectivity index (χ1v) is 5.36. The maximum Gasteiger partial charge on any atom is 0.322 e. The molecule has 5 nitrogen and oxygen atoms in total. The molecule has 0 saturated heterocycles. The van der Waals surface area contributed by atoms with Crippen LogP contribution >= 0.6 is 0 Å². The minimum atomic E-state index is -1.16. The lowest BCUT2D eigenvalue weighted by Crippen LogP contribution is -2.29. The molecule has 0 bridgehead atoms. The number of carbonyl (C=O) groups is 2. The van der Waals surface area contributed by atoms with Gasteiger partial charge in [-0.3, -0.25) is 9.59 Å². The number of ether oxygens (including phenoxy) is 1. The molecular formula is C12H14FNO4. The molecule has 0 unspecified atom stereocenters. The Kier molecular flexibility index (Phi) is 4.65. The van der Waals surface area contributed by atoms with Crippen LogP contribution in [0.25, 0.3) is 0 Å². The van der Waals surface area contributed by atoms with Gasteiger partial charge >= 0.3 is 5.97 Å². The second-order valence-electron chi connectivity index (χ2n) is 3.89. The van der Waals surface area contributed by atoms with Crippen molar-refractivity contribution in [2.45, 2.75) is 20.0 Å². The quantitative estimate of drug-likeness (QED) is 0.834. The smallest absolute Gasteiger partial charge is 0.322 e. The average Bonchev–Trinajstić information content (AvgIpc) is 2.28. The number of rotatable bonds is 5. The standard InChI is InChI=1S/C12H14FNO4/c1-7(2)18-10-4-3-8(5-9(10)13)12(17)14-6-11(15)16/h3-5,7H,6H2,1-2H3,(H,14,17)(H,15,16). The maximum absolute atomic E-state index is 13.5. The van der Waals surface area contributed by atoms with Crippen molar-refractivity contribution in [2.75, 3.05) is 6.54 Å². The van der Waals surface area contributed by atoms with Crippen molar-refractivity contribution in [1.82, 2.24) is 5.32 Å². The van der Waals surface area contributed by atoms with E-state index in [2.05, 4.69) is 5.32 Å². The van der Waals surface area contributed by atoms with Gasteiger partial charge in [0, 0.05) is 5.56 Å². The van der Waals surface area contributed by atoms with Crippen LogP contribution in [0, 0.1) is 5.82 Å². The number of halogens is 1. The average molecular weight is 255 g/mol. The molecule has 0 saturated carbocycles. The molecule has 0 radical (unpaired) electrons. The third-order valence-corrected chi connectivity index (χ3v) is 1.96. The van der Waals surface area contributed by atoms with E-state index in [1.165, 1.54) is 12.1 Å². The summed E-state index contributed by atoms with van der Waals surface area (Å²) >= 11 is 0. The number of benzene rings is 1.